The number of anilines is 1. The lowest BCUT2D eigenvalue weighted by Crippen LogP contribution is -2.32. The lowest BCUT2D eigenvalue weighted by Gasteiger charge is -2.11. The van der Waals surface area contributed by atoms with Crippen LogP contribution in [0.5, 0.6) is 5.75 Å². The van der Waals surface area contributed by atoms with Crippen LogP contribution in [0, 0.1) is 0 Å². The standard InChI is InChI=1S/C23H15Cl3F3N3O3/c24-16-5-3-14(19(26)10-16)12-35-17-6-1-13(2-7-17)11-30-32-22(34)21(33)31-20-9-15(23(27,28)29)4-8-18(20)25/h1-11H,12H2,(H,31,33)(H,32,34)/b30-11+. The summed E-state index contributed by atoms with van der Waals surface area (Å²) in [6.07, 6.45) is -3.37. The Morgan fingerprint density at radius 1 is 0.914 bits per heavy atom. The van der Waals surface area contributed by atoms with Crippen molar-refractivity contribution in [2.45, 2.75) is 12.8 Å². The Labute approximate surface area is 212 Å². The monoisotopic (exact) mass is 543 g/mol. The molecule has 0 aliphatic heterocycles. The summed E-state index contributed by atoms with van der Waals surface area (Å²) in [5.41, 5.74) is 1.93. The number of amides is 2. The quantitative estimate of drug-likeness (QED) is 0.216. The van der Waals surface area contributed by atoms with Crippen LogP contribution >= 0.6 is 34.8 Å². The lowest BCUT2D eigenvalue weighted by molar-refractivity contribution is -0.137. The molecular weight excluding hydrogens is 530 g/mol. The summed E-state index contributed by atoms with van der Waals surface area (Å²) in [5, 5.41) is 6.52. The fourth-order valence-corrected chi connectivity index (χ4v) is 3.27. The Morgan fingerprint density at radius 3 is 2.29 bits per heavy atom. The van der Waals surface area contributed by atoms with Gasteiger partial charge in [-0.1, -0.05) is 40.9 Å². The fourth-order valence-electron chi connectivity index (χ4n) is 2.64. The number of benzene rings is 3. The minimum atomic E-state index is -4.64. The maximum Gasteiger partial charge on any atom is 0.416 e. The van der Waals surface area contributed by atoms with Crippen molar-refractivity contribution < 1.29 is 27.5 Å². The van der Waals surface area contributed by atoms with Gasteiger partial charge in [0, 0.05) is 15.6 Å². The fraction of sp³-hybridized carbons (Fsp3) is 0.0870. The highest BCUT2D eigenvalue weighted by Crippen LogP contribution is 2.33. The summed E-state index contributed by atoms with van der Waals surface area (Å²) in [6, 6.07) is 14.0. The molecule has 0 atom stereocenters. The van der Waals surface area contributed by atoms with Crippen LogP contribution in [0.4, 0.5) is 18.9 Å². The van der Waals surface area contributed by atoms with Gasteiger partial charge in [-0.05, 0) is 60.2 Å². The normalized spacial score (nSPS) is 11.4. The molecule has 0 spiro atoms. The Kier molecular flexibility index (Phi) is 8.61. The zero-order valence-corrected chi connectivity index (χ0v) is 19.8. The van der Waals surface area contributed by atoms with E-state index in [9.17, 15) is 22.8 Å². The highest BCUT2D eigenvalue weighted by molar-refractivity contribution is 6.41. The number of nitrogens with zero attached hydrogens (tertiary/aromatic N) is 1. The van der Waals surface area contributed by atoms with E-state index in [4.69, 9.17) is 39.5 Å². The number of carbonyl (C=O) groups excluding carboxylic acids is 2. The van der Waals surface area contributed by atoms with Crippen LogP contribution in [0.1, 0.15) is 16.7 Å². The van der Waals surface area contributed by atoms with Crippen molar-refractivity contribution in [3.63, 3.8) is 0 Å². The van der Waals surface area contributed by atoms with Gasteiger partial charge in [0.25, 0.3) is 0 Å². The molecule has 12 heteroatoms. The highest BCUT2D eigenvalue weighted by atomic mass is 35.5. The van der Waals surface area contributed by atoms with Gasteiger partial charge < -0.3 is 10.1 Å². The van der Waals surface area contributed by atoms with Crippen LogP contribution in [0.3, 0.4) is 0 Å². The summed E-state index contributed by atoms with van der Waals surface area (Å²) < 4.78 is 44.1. The van der Waals surface area contributed by atoms with Crippen LogP contribution in [-0.2, 0) is 22.4 Å². The molecule has 3 aromatic rings. The molecule has 0 unspecified atom stereocenters. The molecule has 0 aromatic heterocycles. The first-order valence-corrected chi connectivity index (χ1v) is 10.8. The van der Waals surface area contributed by atoms with E-state index in [1.165, 1.54) is 6.21 Å². The third kappa shape index (κ3) is 7.61. The minimum absolute atomic E-state index is 0.164. The summed E-state index contributed by atoms with van der Waals surface area (Å²) in [7, 11) is 0. The largest absolute Gasteiger partial charge is 0.489 e. The third-order valence-corrected chi connectivity index (χ3v) is 5.33. The minimum Gasteiger partial charge on any atom is -0.489 e. The average Bonchev–Trinajstić information content (AvgIpc) is 2.80. The molecule has 0 radical (unpaired) electrons. The molecular formula is C23H15Cl3F3N3O3. The topological polar surface area (TPSA) is 79.8 Å². The molecule has 0 saturated heterocycles. The lowest BCUT2D eigenvalue weighted by atomic mass is 10.2. The van der Waals surface area contributed by atoms with Crippen LogP contribution in [0.2, 0.25) is 15.1 Å². The van der Waals surface area contributed by atoms with Gasteiger partial charge in [-0.25, -0.2) is 5.43 Å². The van der Waals surface area contributed by atoms with Crippen molar-refractivity contribution in [2.75, 3.05) is 5.32 Å². The summed E-state index contributed by atoms with van der Waals surface area (Å²) in [4.78, 5) is 23.9. The zero-order chi connectivity index (χ0) is 25.6. The summed E-state index contributed by atoms with van der Waals surface area (Å²) >= 11 is 17.8. The van der Waals surface area contributed by atoms with E-state index in [1.807, 2.05) is 10.7 Å². The first kappa shape index (κ1) is 26.3. The number of hydrogen-bond donors (Lipinski definition) is 2. The average molecular weight is 545 g/mol. The van der Waals surface area contributed by atoms with Crippen LogP contribution in [0.15, 0.2) is 65.8 Å². The van der Waals surface area contributed by atoms with Gasteiger partial charge in [0.05, 0.1) is 22.5 Å². The van der Waals surface area contributed by atoms with Crippen molar-refractivity contribution in [3.8, 4) is 5.75 Å². The number of ether oxygens (including phenoxy) is 1. The van der Waals surface area contributed by atoms with E-state index in [2.05, 4.69) is 5.10 Å². The van der Waals surface area contributed by atoms with Gasteiger partial charge in [0.15, 0.2) is 0 Å². The van der Waals surface area contributed by atoms with Crippen molar-refractivity contribution in [2.24, 2.45) is 5.10 Å². The maximum atomic E-state index is 12.8. The molecule has 35 heavy (non-hydrogen) atoms. The molecule has 182 valence electrons. The Bertz CT molecular complexity index is 1270. The molecule has 2 N–H and O–H groups in total. The number of nitrogens with one attached hydrogen (secondary N) is 2. The van der Waals surface area contributed by atoms with Crippen LogP contribution < -0.4 is 15.5 Å². The second kappa shape index (κ2) is 11.4. The number of carbonyl (C=O) groups is 2. The van der Waals surface area contributed by atoms with Gasteiger partial charge in [0.2, 0.25) is 0 Å². The molecule has 0 aliphatic rings. The first-order chi connectivity index (χ1) is 16.5. The molecule has 2 amide bonds. The number of hydrazone groups is 1. The highest BCUT2D eigenvalue weighted by Gasteiger charge is 2.31. The van der Waals surface area contributed by atoms with Crippen molar-refractivity contribution >= 4 is 58.5 Å². The Balaban J connectivity index is 1.52. The second-order valence-corrected chi connectivity index (χ2v) is 8.19. The van der Waals surface area contributed by atoms with Gasteiger partial charge in [-0.3, -0.25) is 9.59 Å². The molecule has 3 aromatic carbocycles. The third-order valence-electron chi connectivity index (χ3n) is 4.42. The Hall–Kier alpha value is -3.27. The molecule has 6 nitrogen and oxygen atoms in total. The van der Waals surface area contributed by atoms with Crippen LogP contribution in [-0.4, -0.2) is 18.0 Å². The van der Waals surface area contributed by atoms with Crippen molar-refractivity contribution in [3.05, 3.63) is 92.4 Å². The van der Waals surface area contributed by atoms with Gasteiger partial charge in [-0.2, -0.15) is 18.3 Å². The predicted molar refractivity (Wildman–Crippen MR) is 128 cm³/mol. The van der Waals surface area contributed by atoms with E-state index in [1.54, 1.807) is 42.5 Å². The van der Waals surface area contributed by atoms with E-state index < -0.39 is 23.6 Å². The number of alkyl halides is 3. The zero-order valence-electron chi connectivity index (χ0n) is 17.5. The molecule has 0 fully saturated rings. The van der Waals surface area contributed by atoms with Crippen molar-refractivity contribution in [1.82, 2.24) is 5.43 Å². The van der Waals surface area contributed by atoms with E-state index in [0.29, 0.717) is 27.4 Å². The van der Waals surface area contributed by atoms with Gasteiger partial charge >= 0.3 is 18.0 Å². The summed E-state index contributed by atoms with van der Waals surface area (Å²) in [6.45, 7) is 0.227. The Morgan fingerprint density at radius 2 is 1.63 bits per heavy atom. The molecule has 0 saturated carbocycles. The van der Waals surface area contributed by atoms with Gasteiger partial charge in [0.1, 0.15) is 12.4 Å². The summed E-state index contributed by atoms with van der Waals surface area (Å²) in [5.74, 6) is -1.89. The smallest absolute Gasteiger partial charge is 0.416 e. The van der Waals surface area contributed by atoms with Crippen LogP contribution in [0.25, 0.3) is 0 Å². The molecule has 0 bridgehead atoms. The van der Waals surface area contributed by atoms with E-state index >= 15 is 0 Å². The van der Waals surface area contributed by atoms with Crippen molar-refractivity contribution in [1.29, 1.82) is 0 Å². The SMILES string of the molecule is O=C(N/N=C/c1ccc(OCc2ccc(Cl)cc2Cl)cc1)C(=O)Nc1cc(C(F)(F)F)ccc1Cl. The number of hydrogen-bond acceptors (Lipinski definition) is 4. The molecule has 3 rings (SSSR count). The van der Waals surface area contributed by atoms with E-state index in [-0.39, 0.29) is 17.3 Å². The van der Waals surface area contributed by atoms with E-state index in [0.717, 1.165) is 17.7 Å². The number of halogens is 6. The number of rotatable bonds is 6. The second-order valence-electron chi connectivity index (χ2n) is 6.94. The first-order valence-electron chi connectivity index (χ1n) is 9.71. The maximum absolute atomic E-state index is 12.8. The predicted octanol–water partition coefficient (Wildman–Crippen LogP) is 6.33. The van der Waals surface area contributed by atoms with Gasteiger partial charge in [-0.15, -0.1) is 0 Å². The molecule has 0 heterocycles. The molecule has 0 aliphatic carbocycles.